The predicted molar refractivity (Wildman–Crippen MR) is 127 cm³/mol. The van der Waals surface area contributed by atoms with E-state index in [1.54, 1.807) is 0 Å². The minimum absolute atomic E-state index is 0.253. The maximum Gasteiger partial charge on any atom is 0.417 e. The van der Waals surface area contributed by atoms with Crippen LogP contribution in [0.3, 0.4) is 0 Å². The van der Waals surface area contributed by atoms with Gasteiger partial charge in [-0.2, -0.15) is 34.8 Å². The number of nitrogens with one attached hydrogen (secondary N) is 2. The molecule has 2 amide bonds. The van der Waals surface area contributed by atoms with Gasteiger partial charge in [0.05, 0.1) is 31.9 Å². The molecule has 0 aliphatic heterocycles. The molecular formula is C21H11Cl3F6N2O5S. The molecule has 0 aliphatic carbocycles. The fraction of sp³-hybridized carbons (Fsp3) is 0.0952. The molecule has 0 unspecified atom stereocenters. The summed E-state index contributed by atoms with van der Waals surface area (Å²) in [6, 6.07) is 4.31. The molecule has 7 nitrogen and oxygen atoms in total. The summed E-state index contributed by atoms with van der Waals surface area (Å²) in [4.78, 5) is 11.6. The van der Waals surface area contributed by atoms with E-state index >= 15 is 0 Å². The minimum Gasteiger partial charge on any atom is -0.454 e. The van der Waals surface area contributed by atoms with Crippen molar-refractivity contribution in [3.8, 4) is 11.5 Å². The Morgan fingerprint density at radius 2 is 1.42 bits per heavy atom. The van der Waals surface area contributed by atoms with Crippen molar-refractivity contribution >= 4 is 62.3 Å². The third kappa shape index (κ3) is 7.14. The molecule has 3 N–H and O–H groups in total. The van der Waals surface area contributed by atoms with Crippen LogP contribution in [0.5, 0.6) is 11.5 Å². The molecule has 0 bridgehead atoms. The first-order valence-electron chi connectivity index (χ1n) is 9.66. The lowest BCUT2D eigenvalue weighted by molar-refractivity contribution is -0.138. The smallest absolute Gasteiger partial charge is 0.417 e. The number of carbonyl (C=O) groups excluding carboxylic acids is 1. The lowest BCUT2D eigenvalue weighted by atomic mass is 10.1. The summed E-state index contributed by atoms with van der Waals surface area (Å²) in [5.41, 5.74) is -3.64. The SMILES string of the molecule is O=C(Nc1ccc(Cl)c(C(F)(F)F)c1)Nc1cc(C(F)(F)F)ccc1Oc1cc(Cl)c(Cl)cc1S(=O)(=O)O. The Kier molecular flexibility index (Phi) is 8.34. The summed E-state index contributed by atoms with van der Waals surface area (Å²) in [6.45, 7) is 0. The van der Waals surface area contributed by atoms with Crippen molar-refractivity contribution in [3.63, 3.8) is 0 Å². The van der Waals surface area contributed by atoms with E-state index in [1.165, 1.54) is 0 Å². The Balaban J connectivity index is 2.01. The Morgan fingerprint density at radius 1 is 0.789 bits per heavy atom. The molecule has 3 aromatic carbocycles. The molecule has 38 heavy (non-hydrogen) atoms. The second kappa shape index (κ2) is 10.7. The Morgan fingerprint density at radius 3 is 2.00 bits per heavy atom. The molecule has 0 radical (unpaired) electrons. The molecule has 3 aromatic rings. The number of halogens is 9. The van der Waals surface area contributed by atoms with Crippen LogP contribution in [0.2, 0.25) is 15.1 Å². The maximum absolute atomic E-state index is 13.3. The fourth-order valence-corrected chi connectivity index (χ4v) is 4.14. The van der Waals surface area contributed by atoms with Crippen LogP contribution in [0.1, 0.15) is 11.1 Å². The van der Waals surface area contributed by atoms with Crippen LogP contribution in [-0.2, 0) is 22.5 Å². The molecule has 0 aliphatic rings. The third-order valence-corrected chi connectivity index (χ3v) is 6.50. The summed E-state index contributed by atoms with van der Waals surface area (Å²) in [5.74, 6) is -1.24. The number of hydrogen-bond donors (Lipinski definition) is 3. The monoisotopic (exact) mass is 622 g/mol. The Labute approximate surface area is 225 Å². The zero-order valence-corrected chi connectivity index (χ0v) is 21.1. The van der Waals surface area contributed by atoms with Crippen LogP contribution in [0, 0.1) is 0 Å². The summed E-state index contributed by atoms with van der Waals surface area (Å²) in [5, 5.41) is 2.78. The molecule has 0 spiro atoms. The van der Waals surface area contributed by atoms with Gasteiger partial charge in [0, 0.05) is 11.8 Å². The van der Waals surface area contributed by atoms with Crippen molar-refractivity contribution < 1.29 is 48.8 Å². The molecule has 0 atom stereocenters. The summed E-state index contributed by atoms with van der Waals surface area (Å²) < 4.78 is 117. The fourth-order valence-electron chi connectivity index (χ4n) is 2.91. The van der Waals surface area contributed by atoms with Gasteiger partial charge in [0.2, 0.25) is 0 Å². The first-order valence-corrected chi connectivity index (χ1v) is 12.2. The molecule has 17 heteroatoms. The standard InChI is InChI=1S/C21H11Cl3F6N2O5S/c22-12-3-2-10(6-11(12)21(28,29)30)31-19(33)32-15-5-9(20(25,26)27)1-4-16(15)37-17-7-13(23)14(24)8-18(17)38(34,35)36/h1-8H,(H2,31,32,33)(H,34,35,36). The maximum atomic E-state index is 13.3. The number of ether oxygens (including phenoxy) is 1. The number of benzene rings is 3. The van der Waals surface area contributed by atoms with Crippen molar-refractivity contribution in [2.45, 2.75) is 17.2 Å². The van der Waals surface area contributed by atoms with Crippen LogP contribution < -0.4 is 15.4 Å². The highest BCUT2D eigenvalue weighted by atomic mass is 35.5. The number of carbonyl (C=O) groups is 1. The highest BCUT2D eigenvalue weighted by Gasteiger charge is 2.34. The van der Waals surface area contributed by atoms with Gasteiger partial charge < -0.3 is 15.4 Å². The van der Waals surface area contributed by atoms with Gasteiger partial charge in [-0.15, -0.1) is 0 Å². The molecule has 0 saturated carbocycles. The van der Waals surface area contributed by atoms with E-state index in [0.29, 0.717) is 18.2 Å². The van der Waals surface area contributed by atoms with Crippen LogP contribution in [-0.4, -0.2) is 19.0 Å². The number of anilines is 2. The van der Waals surface area contributed by atoms with Gasteiger partial charge in [0.25, 0.3) is 10.1 Å². The van der Waals surface area contributed by atoms with Gasteiger partial charge in [-0.25, -0.2) is 4.79 Å². The number of amides is 2. The van der Waals surface area contributed by atoms with Gasteiger partial charge in [-0.3, -0.25) is 4.55 Å². The predicted octanol–water partition coefficient (Wildman–Crippen LogP) is 8.37. The van der Waals surface area contributed by atoms with Gasteiger partial charge in [0.15, 0.2) is 5.75 Å². The molecule has 0 aromatic heterocycles. The van der Waals surface area contributed by atoms with E-state index in [0.717, 1.165) is 30.3 Å². The lowest BCUT2D eigenvalue weighted by Crippen LogP contribution is -2.21. The number of rotatable bonds is 5. The molecule has 0 heterocycles. The average molecular weight is 624 g/mol. The average Bonchev–Trinajstić information content (AvgIpc) is 2.76. The van der Waals surface area contributed by atoms with Gasteiger partial charge in [-0.1, -0.05) is 34.8 Å². The molecule has 204 valence electrons. The quantitative estimate of drug-likeness (QED) is 0.196. The number of alkyl halides is 6. The number of hydrogen-bond acceptors (Lipinski definition) is 4. The summed E-state index contributed by atoms with van der Waals surface area (Å²) in [6.07, 6.45) is -9.76. The zero-order valence-electron chi connectivity index (χ0n) is 18.0. The molecule has 0 fully saturated rings. The van der Waals surface area contributed by atoms with Crippen molar-refractivity contribution in [1.29, 1.82) is 0 Å². The highest BCUT2D eigenvalue weighted by molar-refractivity contribution is 7.86. The van der Waals surface area contributed by atoms with Crippen LogP contribution in [0.25, 0.3) is 0 Å². The topological polar surface area (TPSA) is 105 Å². The van der Waals surface area contributed by atoms with E-state index in [4.69, 9.17) is 39.5 Å². The molecule has 3 rings (SSSR count). The Bertz CT molecular complexity index is 1510. The molecular weight excluding hydrogens is 613 g/mol. The van der Waals surface area contributed by atoms with Crippen molar-refractivity contribution in [2.75, 3.05) is 10.6 Å². The van der Waals surface area contributed by atoms with Crippen molar-refractivity contribution in [1.82, 2.24) is 0 Å². The zero-order chi connectivity index (χ0) is 28.6. The first kappa shape index (κ1) is 29.6. The largest absolute Gasteiger partial charge is 0.454 e. The van der Waals surface area contributed by atoms with Crippen molar-refractivity contribution in [3.05, 3.63) is 74.7 Å². The summed E-state index contributed by atoms with van der Waals surface area (Å²) in [7, 11) is -4.97. The van der Waals surface area contributed by atoms with Crippen molar-refractivity contribution in [2.24, 2.45) is 0 Å². The minimum atomic E-state index is -4.97. The molecule has 0 saturated heterocycles. The van der Waals surface area contributed by atoms with E-state index < -0.39 is 72.4 Å². The van der Waals surface area contributed by atoms with Crippen LogP contribution >= 0.6 is 34.8 Å². The number of urea groups is 1. The van der Waals surface area contributed by atoms with Gasteiger partial charge in [-0.05, 0) is 42.5 Å². The van der Waals surface area contributed by atoms with Gasteiger partial charge in [0.1, 0.15) is 10.6 Å². The van der Waals surface area contributed by atoms with E-state index in [1.807, 2.05) is 10.6 Å². The van der Waals surface area contributed by atoms with E-state index in [-0.39, 0.29) is 10.0 Å². The normalized spacial score (nSPS) is 12.3. The second-order valence-electron chi connectivity index (χ2n) is 7.27. The second-order valence-corrected chi connectivity index (χ2v) is 9.88. The van der Waals surface area contributed by atoms with Crippen LogP contribution in [0.4, 0.5) is 42.5 Å². The Hall–Kier alpha value is -2.91. The lowest BCUT2D eigenvalue weighted by Gasteiger charge is -2.17. The summed E-state index contributed by atoms with van der Waals surface area (Å²) >= 11 is 17.1. The first-order chi connectivity index (χ1) is 17.4. The van der Waals surface area contributed by atoms with Crippen LogP contribution in [0.15, 0.2) is 53.4 Å². The third-order valence-electron chi connectivity index (χ3n) is 4.57. The van der Waals surface area contributed by atoms with E-state index in [9.17, 15) is 44.1 Å². The van der Waals surface area contributed by atoms with E-state index in [2.05, 4.69) is 0 Å². The van der Waals surface area contributed by atoms with Gasteiger partial charge >= 0.3 is 18.4 Å². The highest BCUT2D eigenvalue weighted by Crippen LogP contribution is 2.41.